The number of anilines is 1. The molecule has 0 spiro atoms. The molecule has 1 heterocycles. The lowest BCUT2D eigenvalue weighted by molar-refractivity contribution is -0.125. The molecule has 0 radical (unpaired) electrons. The van der Waals surface area contributed by atoms with Gasteiger partial charge in [0.2, 0.25) is 5.91 Å². The van der Waals surface area contributed by atoms with Gasteiger partial charge in [0.05, 0.1) is 12.2 Å². The van der Waals surface area contributed by atoms with Crippen LogP contribution < -0.4 is 4.90 Å². The van der Waals surface area contributed by atoms with Gasteiger partial charge < -0.3 is 4.90 Å². The van der Waals surface area contributed by atoms with Gasteiger partial charge in [0.1, 0.15) is 0 Å². The summed E-state index contributed by atoms with van der Waals surface area (Å²) in [6, 6.07) is 15.9. The first kappa shape index (κ1) is 14.4. The molecule has 0 bridgehead atoms. The molecule has 3 rings (SSSR count). The molecule has 0 aromatic heterocycles. The molecule has 1 aliphatic heterocycles. The van der Waals surface area contributed by atoms with Gasteiger partial charge in [-0.3, -0.25) is 4.79 Å². The zero-order chi connectivity index (χ0) is 15.7. The van der Waals surface area contributed by atoms with E-state index in [1.54, 1.807) is 0 Å². The highest BCUT2D eigenvalue weighted by Gasteiger charge is 2.30. The molecule has 2 aromatic carbocycles. The largest absolute Gasteiger partial charge is 0.306 e. The first-order valence-corrected chi connectivity index (χ1v) is 7.48. The summed E-state index contributed by atoms with van der Waals surface area (Å²) < 4.78 is 0. The van der Waals surface area contributed by atoms with E-state index in [1.165, 1.54) is 0 Å². The smallest absolute Gasteiger partial charge is 0.232 e. The van der Waals surface area contributed by atoms with Crippen molar-refractivity contribution in [2.75, 3.05) is 4.90 Å². The van der Waals surface area contributed by atoms with Crippen LogP contribution in [0.25, 0.3) is 0 Å². The summed E-state index contributed by atoms with van der Waals surface area (Å²) in [5.74, 6) is 6.55. The number of amides is 1. The lowest BCUT2D eigenvalue weighted by Gasteiger charge is -2.31. The number of hydrogen-bond donors (Lipinski definition) is 0. The van der Waals surface area contributed by atoms with E-state index in [0.29, 0.717) is 6.54 Å². The van der Waals surface area contributed by atoms with Gasteiger partial charge in [-0.2, -0.15) is 0 Å². The minimum absolute atomic E-state index is 0.110. The number of hydrogen-bond acceptors (Lipinski definition) is 1. The van der Waals surface area contributed by atoms with Crippen LogP contribution in [0, 0.1) is 17.3 Å². The van der Waals surface area contributed by atoms with Crippen LogP contribution in [-0.2, 0) is 11.3 Å². The molecule has 0 N–H and O–H groups in total. The number of carbonyl (C=O) groups excluding carboxylic acids is 1. The highest BCUT2D eigenvalue weighted by Crippen LogP contribution is 2.29. The number of nitrogens with zero attached hydrogens (tertiary/aromatic N) is 1. The fourth-order valence-corrected chi connectivity index (χ4v) is 2.57. The predicted molar refractivity (Wildman–Crippen MR) is 89.5 cm³/mol. The van der Waals surface area contributed by atoms with Crippen LogP contribution in [0.5, 0.6) is 0 Å². The average molecular weight is 289 g/mol. The molecule has 0 atom stereocenters. The van der Waals surface area contributed by atoms with E-state index in [-0.39, 0.29) is 5.91 Å². The highest BCUT2D eigenvalue weighted by atomic mass is 16.2. The van der Waals surface area contributed by atoms with E-state index in [9.17, 15) is 4.79 Å². The molecule has 0 fully saturated rings. The fraction of sp³-hybridized carbons (Fsp3) is 0.250. The van der Waals surface area contributed by atoms with E-state index < -0.39 is 5.41 Å². The van der Waals surface area contributed by atoms with Crippen molar-refractivity contribution in [3.05, 3.63) is 65.2 Å². The number of carbonyl (C=O) groups is 1. The molecule has 22 heavy (non-hydrogen) atoms. The second kappa shape index (κ2) is 5.35. The van der Waals surface area contributed by atoms with Crippen molar-refractivity contribution < 1.29 is 4.79 Å². The Morgan fingerprint density at radius 1 is 0.955 bits per heavy atom. The number of benzene rings is 2. The van der Waals surface area contributed by atoms with E-state index in [4.69, 9.17) is 0 Å². The average Bonchev–Trinajstić information content (AvgIpc) is 2.48. The maximum Gasteiger partial charge on any atom is 0.232 e. The van der Waals surface area contributed by atoms with E-state index in [0.717, 1.165) is 22.4 Å². The van der Waals surface area contributed by atoms with Crippen LogP contribution in [0.1, 0.15) is 37.5 Å². The standard InChI is InChI=1S/C20H19NO/c1-20(2,3)19(22)21-14-17-10-5-4-8-15(17)12-13-16-9-6-7-11-18(16)21/h4-11H,14H2,1-3H3. The van der Waals surface area contributed by atoms with E-state index in [1.807, 2.05) is 74.2 Å². The molecule has 2 nitrogen and oxygen atoms in total. The van der Waals surface area contributed by atoms with Crippen LogP contribution in [0.4, 0.5) is 5.69 Å². The Morgan fingerprint density at radius 3 is 2.27 bits per heavy atom. The van der Waals surface area contributed by atoms with Gasteiger partial charge >= 0.3 is 0 Å². The monoisotopic (exact) mass is 289 g/mol. The third kappa shape index (κ3) is 2.63. The van der Waals surface area contributed by atoms with Gasteiger partial charge in [0, 0.05) is 16.5 Å². The SMILES string of the molecule is CC(C)(C)C(=O)N1Cc2ccccc2C#Cc2ccccc21. The predicted octanol–water partition coefficient (Wildman–Crippen LogP) is 3.98. The molecular weight excluding hydrogens is 270 g/mol. The summed E-state index contributed by atoms with van der Waals surface area (Å²) in [6.45, 7) is 6.41. The van der Waals surface area contributed by atoms with Crippen LogP contribution in [-0.4, -0.2) is 5.91 Å². The van der Waals surface area contributed by atoms with Crippen molar-refractivity contribution in [3.8, 4) is 11.8 Å². The molecule has 0 saturated heterocycles. The van der Waals surface area contributed by atoms with Crippen molar-refractivity contribution in [1.82, 2.24) is 0 Å². The van der Waals surface area contributed by atoms with Crippen molar-refractivity contribution in [2.45, 2.75) is 27.3 Å². The Morgan fingerprint density at radius 2 is 1.55 bits per heavy atom. The summed E-state index contributed by atoms with van der Waals surface area (Å²) in [5, 5.41) is 0. The summed E-state index contributed by atoms with van der Waals surface area (Å²) in [4.78, 5) is 14.8. The highest BCUT2D eigenvalue weighted by molar-refractivity contribution is 5.98. The fourth-order valence-electron chi connectivity index (χ4n) is 2.57. The summed E-state index contributed by atoms with van der Waals surface area (Å²) in [7, 11) is 0. The maximum absolute atomic E-state index is 12.9. The normalized spacial score (nSPS) is 13.1. The van der Waals surface area contributed by atoms with E-state index >= 15 is 0 Å². The van der Waals surface area contributed by atoms with Crippen molar-refractivity contribution in [3.63, 3.8) is 0 Å². The molecule has 2 heteroatoms. The van der Waals surface area contributed by atoms with Gasteiger partial charge in [0.25, 0.3) is 0 Å². The number of para-hydroxylation sites is 1. The summed E-state index contributed by atoms with van der Waals surface area (Å²) >= 11 is 0. The molecule has 0 aliphatic carbocycles. The Bertz CT molecular complexity index is 787. The first-order valence-electron chi connectivity index (χ1n) is 7.48. The molecule has 110 valence electrons. The second-order valence-corrected chi connectivity index (χ2v) is 6.57. The van der Waals surface area contributed by atoms with Crippen molar-refractivity contribution >= 4 is 11.6 Å². The maximum atomic E-state index is 12.9. The topological polar surface area (TPSA) is 20.3 Å². The summed E-state index contributed by atoms with van der Waals surface area (Å²) in [5.41, 5.74) is 3.43. The molecule has 1 amide bonds. The Balaban J connectivity index is 2.20. The second-order valence-electron chi connectivity index (χ2n) is 6.57. The van der Waals surface area contributed by atoms with Crippen LogP contribution >= 0.6 is 0 Å². The van der Waals surface area contributed by atoms with Gasteiger partial charge in [-0.05, 0) is 23.8 Å². The molecule has 0 unspecified atom stereocenters. The van der Waals surface area contributed by atoms with Gasteiger partial charge in [-0.25, -0.2) is 0 Å². The lowest BCUT2D eigenvalue weighted by Crippen LogP contribution is -2.40. The Kier molecular flexibility index (Phi) is 3.50. The number of fused-ring (bicyclic) bond motifs is 2. The van der Waals surface area contributed by atoms with Crippen LogP contribution in [0.15, 0.2) is 48.5 Å². The Labute approximate surface area is 131 Å². The quantitative estimate of drug-likeness (QED) is 0.672. The van der Waals surface area contributed by atoms with Crippen LogP contribution in [0.3, 0.4) is 0 Å². The third-order valence-corrected chi connectivity index (χ3v) is 3.76. The molecule has 0 saturated carbocycles. The minimum atomic E-state index is -0.436. The third-order valence-electron chi connectivity index (χ3n) is 3.76. The molecular formula is C20H19NO. The first-order chi connectivity index (χ1) is 10.5. The zero-order valence-corrected chi connectivity index (χ0v) is 13.2. The van der Waals surface area contributed by atoms with Crippen LogP contribution in [0.2, 0.25) is 0 Å². The lowest BCUT2D eigenvalue weighted by atomic mass is 9.93. The van der Waals surface area contributed by atoms with Gasteiger partial charge in [-0.15, -0.1) is 0 Å². The molecule has 1 aliphatic rings. The summed E-state index contributed by atoms with van der Waals surface area (Å²) in [6.07, 6.45) is 0. The number of rotatable bonds is 0. The molecule has 2 aromatic rings. The van der Waals surface area contributed by atoms with Gasteiger partial charge in [-0.1, -0.05) is 62.9 Å². The minimum Gasteiger partial charge on any atom is -0.306 e. The van der Waals surface area contributed by atoms with Crippen molar-refractivity contribution in [2.24, 2.45) is 5.41 Å². The zero-order valence-electron chi connectivity index (χ0n) is 13.2. The van der Waals surface area contributed by atoms with Gasteiger partial charge in [0.15, 0.2) is 0 Å². The Hall–Kier alpha value is -2.53. The van der Waals surface area contributed by atoms with Crippen molar-refractivity contribution in [1.29, 1.82) is 0 Å². The van der Waals surface area contributed by atoms with E-state index in [2.05, 4.69) is 11.8 Å².